The smallest absolute Gasteiger partial charge is 0.127 e. The molecule has 0 radical (unpaired) electrons. The van der Waals surface area contributed by atoms with Crippen molar-refractivity contribution in [3.8, 4) is 22.6 Å². The topological polar surface area (TPSA) is 40.5 Å². The van der Waals surface area contributed by atoms with E-state index in [0.717, 1.165) is 17.5 Å². The standard InChI is InChI=1S/C19H22O2/c1-2-3-4-5-7-10-15-13-17(20)19(18(21)14-15)16-11-8-6-9-12-16/h6-14,20-21H,2-5H2,1H3. The molecule has 2 aromatic carbocycles. The summed E-state index contributed by atoms with van der Waals surface area (Å²) in [6.45, 7) is 2.18. The highest BCUT2D eigenvalue weighted by molar-refractivity contribution is 5.78. The summed E-state index contributed by atoms with van der Waals surface area (Å²) in [5.41, 5.74) is 2.12. The molecule has 0 spiro atoms. The Morgan fingerprint density at radius 1 is 0.952 bits per heavy atom. The minimum atomic E-state index is 0.106. The fourth-order valence-electron chi connectivity index (χ4n) is 2.36. The van der Waals surface area contributed by atoms with E-state index in [1.165, 1.54) is 19.3 Å². The maximum absolute atomic E-state index is 10.2. The van der Waals surface area contributed by atoms with Gasteiger partial charge < -0.3 is 10.2 Å². The number of aromatic hydroxyl groups is 2. The van der Waals surface area contributed by atoms with E-state index in [1.54, 1.807) is 12.1 Å². The Balaban J connectivity index is 2.18. The van der Waals surface area contributed by atoms with Crippen LogP contribution in [0.4, 0.5) is 0 Å². The molecule has 0 unspecified atom stereocenters. The average molecular weight is 282 g/mol. The third-order valence-electron chi connectivity index (χ3n) is 3.47. The molecular weight excluding hydrogens is 260 g/mol. The van der Waals surface area contributed by atoms with E-state index in [2.05, 4.69) is 13.0 Å². The number of unbranched alkanes of at least 4 members (excludes halogenated alkanes) is 3. The van der Waals surface area contributed by atoms with Gasteiger partial charge in [0.2, 0.25) is 0 Å². The van der Waals surface area contributed by atoms with E-state index in [1.807, 2.05) is 36.4 Å². The molecule has 0 amide bonds. The second-order valence-electron chi connectivity index (χ2n) is 5.20. The van der Waals surface area contributed by atoms with Crippen LogP contribution in [-0.2, 0) is 0 Å². The Morgan fingerprint density at radius 2 is 1.62 bits per heavy atom. The summed E-state index contributed by atoms with van der Waals surface area (Å²) in [4.78, 5) is 0. The first-order valence-electron chi connectivity index (χ1n) is 7.50. The van der Waals surface area contributed by atoms with Crippen LogP contribution in [0.1, 0.15) is 38.2 Å². The van der Waals surface area contributed by atoms with Gasteiger partial charge in [-0.25, -0.2) is 0 Å². The fourth-order valence-corrected chi connectivity index (χ4v) is 2.36. The van der Waals surface area contributed by atoms with Crippen LogP contribution in [0, 0.1) is 0 Å². The Kier molecular flexibility index (Phi) is 5.44. The number of phenols is 2. The molecule has 0 fully saturated rings. The van der Waals surface area contributed by atoms with Crippen LogP contribution >= 0.6 is 0 Å². The molecule has 0 bridgehead atoms. The van der Waals surface area contributed by atoms with Gasteiger partial charge in [0, 0.05) is 0 Å². The molecule has 0 aliphatic carbocycles. The highest BCUT2D eigenvalue weighted by Crippen LogP contribution is 2.38. The minimum Gasteiger partial charge on any atom is -0.507 e. The molecule has 0 aliphatic heterocycles. The minimum absolute atomic E-state index is 0.106. The molecule has 2 rings (SSSR count). The van der Waals surface area contributed by atoms with E-state index in [-0.39, 0.29) is 11.5 Å². The molecule has 0 saturated carbocycles. The van der Waals surface area contributed by atoms with Gasteiger partial charge in [0.05, 0.1) is 5.56 Å². The van der Waals surface area contributed by atoms with Crippen molar-refractivity contribution in [1.82, 2.24) is 0 Å². The van der Waals surface area contributed by atoms with Gasteiger partial charge in [0.1, 0.15) is 11.5 Å². The number of rotatable bonds is 6. The van der Waals surface area contributed by atoms with Gasteiger partial charge in [-0.1, -0.05) is 62.2 Å². The molecule has 2 heteroatoms. The Labute approximate surface area is 126 Å². The molecule has 0 saturated heterocycles. The lowest BCUT2D eigenvalue weighted by Gasteiger charge is -2.09. The van der Waals surface area contributed by atoms with Crippen LogP contribution in [0.25, 0.3) is 17.2 Å². The highest BCUT2D eigenvalue weighted by atomic mass is 16.3. The van der Waals surface area contributed by atoms with Gasteiger partial charge in [-0.2, -0.15) is 0 Å². The molecule has 21 heavy (non-hydrogen) atoms. The predicted octanol–water partition coefficient (Wildman–Crippen LogP) is 5.36. The number of benzene rings is 2. The first-order valence-corrected chi connectivity index (χ1v) is 7.50. The lowest BCUT2D eigenvalue weighted by molar-refractivity contribution is 0.454. The molecule has 2 nitrogen and oxygen atoms in total. The van der Waals surface area contributed by atoms with Crippen LogP contribution in [0.3, 0.4) is 0 Å². The highest BCUT2D eigenvalue weighted by Gasteiger charge is 2.10. The lowest BCUT2D eigenvalue weighted by Crippen LogP contribution is -1.83. The number of phenolic OH excluding ortho intramolecular Hbond substituents is 2. The van der Waals surface area contributed by atoms with Gasteiger partial charge in [-0.05, 0) is 36.1 Å². The molecule has 0 atom stereocenters. The van der Waals surface area contributed by atoms with Gasteiger partial charge in [-0.3, -0.25) is 0 Å². The number of allylic oxidation sites excluding steroid dienone is 1. The van der Waals surface area contributed by atoms with Crippen molar-refractivity contribution in [1.29, 1.82) is 0 Å². The van der Waals surface area contributed by atoms with Crippen molar-refractivity contribution >= 4 is 6.08 Å². The lowest BCUT2D eigenvalue weighted by atomic mass is 10.0. The summed E-state index contributed by atoms with van der Waals surface area (Å²) in [6.07, 6.45) is 8.67. The van der Waals surface area contributed by atoms with Crippen LogP contribution in [0.5, 0.6) is 11.5 Å². The van der Waals surface area contributed by atoms with Crippen LogP contribution in [0.2, 0.25) is 0 Å². The van der Waals surface area contributed by atoms with E-state index in [0.29, 0.717) is 5.56 Å². The van der Waals surface area contributed by atoms with E-state index in [9.17, 15) is 10.2 Å². The van der Waals surface area contributed by atoms with E-state index >= 15 is 0 Å². The molecule has 2 aromatic rings. The summed E-state index contributed by atoms with van der Waals surface area (Å²) in [5, 5.41) is 20.3. The third kappa shape index (κ3) is 4.12. The largest absolute Gasteiger partial charge is 0.507 e. The maximum atomic E-state index is 10.2. The van der Waals surface area contributed by atoms with Gasteiger partial charge in [0.15, 0.2) is 0 Å². The first-order chi connectivity index (χ1) is 10.2. The predicted molar refractivity (Wildman–Crippen MR) is 88.4 cm³/mol. The number of hydrogen-bond acceptors (Lipinski definition) is 2. The Morgan fingerprint density at radius 3 is 2.24 bits per heavy atom. The monoisotopic (exact) mass is 282 g/mol. The van der Waals surface area contributed by atoms with Crippen LogP contribution in [0.15, 0.2) is 48.5 Å². The summed E-state index contributed by atoms with van der Waals surface area (Å²) in [6, 6.07) is 12.8. The van der Waals surface area contributed by atoms with Crippen molar-refractivity contribution in [3.63, 3.8) is 0 Å². The summed E-state index contributed by atoms with van der Waals surface area (Å²) >= 11 is 0. The summed E-state index contributed by atoms with van der Waals surface area (Å²) < 4.78 is 0. The molecule has 0 aliphatic rings. The van der Waals surface area contributed by atoms with Crippen molar-refractivity contribution < 1.29 is 10.2 Å². The van der Waals surface area contributed by atoms with Crippen molar-refractivity contribution in [2.24, 2.45) is 0 Å². The van der Waals surface area contributed by atoms with Crippen molar-refractivity contribution in [2.45, 2.75) is 32.6 Å². The zero-order chi connectivity index (χ0) is 15.1. The van der Waals surface area contributed by atoms with Gasteiger partial charge in [-0.15, -0.1) is 0 Å². The Bertz CT molecular complexity index is 577. The molecular formula is C19H22O2. The zero-order valence-electron chi connectivity index (χ0n) is 12.4. The van der Waals surface area contributed by atoms with E-state index in [4.69, 9.17) is 0 Å². The average Bonchev–Trinajstić information content (AvgIpc) is 2.47. The SMILES string of the molecule is CCCCCC=Cc1cc(O)c(-c2ccccc2)c(O)c1. The molecule has 110 valence electrons. The van der Waals surface area contributed by atoms with Crippen molar-refractivity contribution in [3.05, 3.63) is 54.1 Å². The molecule has 2 N–H and O–H groups in total. The second-order valence-corrected chi connectivity index (χ2v) is 5.20. The number of hydrogen-bond donors (Lipinski definition) is 2. The zero-order valence-corrected chi connectivity index (χ0v) is 12.4. The van der Waals surface area contributed by atoms with Gasteiger partial charge >= 0.3 is 0 Å². The van der Waals surface area contributed by atoms with Gasteiger partial charge in [0.25, 0.3) is 0 Å². The van der Waals surface area contributed by atoms with Crippen LogP contribution in [-0.4, -0.2) is 10.2 Å². The van der Waals surface area contributed by atoms with Crippen molar-refractivity contribution in [2.75, 3.05) is 0 Å². The summed E-state index contributed by atoms with van der Waals surface area (Å²) in [5.74, 6) is 0.212. The normalized spacial score (nSPS) is 11.1. The first kappa shape index (κ1) is 15.2. The molecule has 0 aromatic heterocycles. The molecule has 0 heterocycles. The second kappa shape index (κ2) is 7.53. The van der Waals surface area contributed by atoms with E-state index < -0.39 is 0 Å². The maximum Gasteiger partial charge on any atom is 0.127 e. The van der Waals surface area contributed by atoms with Crippen LogP contribution < -0.4 is 0 Å². The quantitative estimate of drug-likeness (QED) is 0.700. The summed E-state index contributed by atoms with van der Waals surface area (Å²) in [7, 11) is 0. The fraction of sp³-hybridized carbons (Fsp3) is 0.263. The third-order valence-corrected chi connectivity index (χ3v) is 3.47. The Hall–Kier alpha value is -2.22.